The fourth-order valence-corrected chi connectivity index (χ4v) is 4.12. The van der Waals surface area contributed by atoms with E-state index in [0.717, 1.165) is 0 Å². The highest BCUT2D eigenvalue weighted by Gasteiger charge is 2.46. The van der Waals surface area contributed by atoms with Gasteiger partial charge in [-0.3, -0.25) is 14.4 Å². The summed E-state index contributed by atoms with van der Waals surface area (Å²) in [5, 5.41) is 20.0. The van der Waals surface area contributed by atoms with Crippen molar-refractivity contribution >= 4 is 23.4 Å². The Morgan fingerprint density at radius 2 is 1.57 bits per heavy atom. The Kier molecular flexibility index (Phi) is 8.35. The summed E-state index contributed by atoms with van der Waals surface area (Å²) in [6.07, 6.45) is 1.58. The van der Waals surface area contributed by atoms with Gasteiger partial charge in [-0.25, -0.2) is 0 Å². The Labute approximate surface area is 203 Å². The molecule has 0 aliphatic carbocycles. The number of aliphatic hydroxyl groups excluding tert-OH is 1. The minimum atomic E-state index is -0.879. The van der Waals surface area contributed by atoms with Crippen LogP contribution in [0.25, 0.3) is 5.76 Å². The SMILES string of the molecule is COc1ccc(/C(O)=C2/C(=O)C(=O)N(CCCCCC(=O)O)C2c2ccc(OC)c(OC)c2)cc1. The van der Waals surface area contributed by atoms with Gasteiger partial charge < -0.3 is 29.3 Å². The number of carboxylic acid groups (broad SMARTS) is 1. The van der Waals surface area contributed by atoms with E-state index in [2.05, 4.69) is 0 Å². The van der Waals surface area contributed by atoms with Crippen molar-refractivity contribution in [1.29, 1.82) is 0 Å². The van der Waals surface area contributed by atoms with Crippen LogP contribution >= 0.6 is 0 Å². The standard InChI is InChI=1S/C26H29NO8/c1-33-18-11-8-16(9-12-18)24(30)22-23(17-10-13-19(34-2)20(15-17)35-3)27(26(32)25(22)31)14-6-4-5-7-21(28)29/h8-13,15,23,30H,4-7,14H2,1-3H3,(H,28,29)/b24-22-. The van der Waals surface area contributed by atoms with Crippen molar-refractivity contribution < 1.29 is 38.8 Å². The molecule has 1 aliphatic heterocycles. The van der Waals surface area contributed by atoms with Crippen molar-refractivity contribution in [1.82, 2.24) is 4.90 Å². The van der Waals surface area contributed by atoms with Crippen LogP contribution in [0, 0.1) is 0 Å². The maximum Gasteiger partial charge on any atom is 0.303 e. The number of benzene rings is 2. The van der Waals surface area contributed by atoms with Gasteiger partial charge in [-0.1, -0.05) is 12.5 Å². The zero-order valence-corrected chi connectivity index (χ0v) is 19.9. The predicted molar refractivity (Wildman–Crippen MR) is 128 cm³/mol. The molecule has 35 heavy (non-hydrogen) atoms. The highest BCUT2D eigenvalue weighted by molar-refractivity contribution is 6.46. The maximum absolute atomic E-state index is 13.1. The van der Waals surface area contributed by atoms with Crippen LogP contribution in [0.1, 0.15) is 42.9 Å². The number of carbonyl (C=O) groups excluding carboxylic acids is 2. The van der Waals surface area contributed by atoms with Crippen LogP contribution in [-0.4, -0.2) is 60.6 Å². The van der Waals surface area contributed by atoms with Crippen LogP contribution in [0.5, 0.6) is 17.2 Å². The number of ketones is 1. The van der Waals surface area contributed by atoms with Gasteiger partial charge in [0.1, 0.15) is 11.5 Å². The third-order valence-electron chi connectivity index (χ3n) is 5.92. The number of rotatable bonds is 11. The van der Waals surface area contributed by atoms with Crippen LogP contribution < -0.4 is 14.2 Å². The molecule has 0 bridgehead atoms. The molecule has 1 fully saturated rings. The molecule has 186 valence electrons. The van der Waals surface area contributed by atoms with Crippen LogP contribution in [-0.2, 0) is 14.4 Å². The number of aliphatic hydroxyl groups is 1. The van der Waals surface area contributed by atoms with Crippen LogP contribution in [0.3, 0.4) is 0 Å². The van der Waals surface area contributed by atoms with Crippen molar-refractivity contribution in [3.8, 4) is 17.2 Å². The van der Waals surface area contributed by atoms with Gasteiger partial charge in [0, 0.05) is 18.5 Å². The molecule has 1 saturated heterocycles. The maximum atomic E-state index is 13.1. The third kappa shape index (κ3) is 5.56. The molecule has 0 saturated carbocycles. The average molecular weight is 484 g/mol. The Morgan fingerprint density at radius 1 is 0.886 bits per heavy atom. The van der Waals surface area contributed by atoms with E-state index < -0.39 is 23.7 Å². The van der Waals surface area contributed by atoms with Gasteiger partial charge >= 0.3 is 5.97 Å². The molecule has 1 amide bonds. The summed E-state index contributed by atoms with van der Waals surface area (Å²) in [4.78, 5) is 38.4. The van der Waals surface area contributed by atoms with E-state index in [9.17, 15) is 19.5 Å². The number of likely N-dealkylation sites (tertiary alicyclic amines) is 1. The number of unbranched alkanes of at least 4 members (excludes halogenated alkanes) is 2. The predicted octanol–water partition coefficient (Wildman–Crippen LogP) is 3.78. The summed E-state index contributed by atoms with van der Waals surface area (Å²) in [7, 11) is 4.51. The molecular formula is C26H29NO8. The fraction of sp³-hybridized carbons (Fsp3) is 0.346. The second-order valence-corrected chi connectivity index (χ2v) is 8.04. The van der Waals surface area contributed by atoms with Gasteiger partial charge in [0.05, 0.1) is 32.9 Å². The fourth-order valence-electron chi connectivity index (χ4n) is 4.12. The lowest BCUT2D eigenvalue weighted by Gasteiger charge is -2.26. The molecular weight excluding hydrogens is 454 g/mol. The van der Waals surface area contributed by atoms with Gasteiger partial charge in [0.25, 0.3) is 11.7 Å². The summed E-state index contributed by atoms with van der Waals surface area (Å²) in [6, 6.07) is 10.7. The first-order valence-electron chi connectivity index (χ1n) is 11.2. The first kappa shape index (κ1) is 25.6. The second-order valence-electron chi connectivity index (χ2n) is 8.04. The molecule has 0 spiro atoms. The van der Waals surface area contributed by atoms with E-state index in [-0.39, 0.29) is 24.3 Å². The van der Waals surface area contributed by atoms with E-state index >= 15 is 0 Å². The van der Waals surface area contributed by atoms with Crippen molar-refractivity contribution in [3.63, 3.8) is 0 Å². The first-order chi connectivity index (χ1) is 16.8. The van der Waals surface area contributed by atoms with Crippen molar-refractivity contribution in [2.24, 2.45) is 0 Å². The lowest BCUT2D eigenvalue weighted by atomic mass is 9.95. The number of carboxylic acids is 1. The van der Waals surface area contributed by atoms with Crippen molar-refractivity contribution in [3.05, 3.63) is 59.2 Å². The van der Waals surface area contributed by atoms with Gasteiger partial charge in [-0.05, 0) is 54.8 Å². The zero-order chi connectivity index (χ0) is 25.5. The summed E-state index contributed by atoms with van der Waals surface area (Å²) in [6.45, 7) is 0.225. The molecule has 2 aromatic rings. The molecule has 0 aromatic heterocycles. The number of hydrogen-bond donors (Lipinski definition) is 2. The molecule has 9 nitrogen and oxygen atoms in total. The van der Waals surface area contributed by atoms with E-state index in [1.165, 1.54) is 26.2 Å². The smallest absolute Gasteiger partial charge is 0.303 e. The lowest BCUT2D eigenvalue weighted by Crippen LogP contribution is -2.30. The molecule has 0 radical (unpaired) electrons. The highest BCUT2D eigenvalue weighted by atomic mass is 16.5. The molecule has 2 N–H and O–H groups in total. The largest absolute Gasteiger partial charge is 0.507 e. The second kappa shape index (κ2) is 11.4. The average Bonchev–Trinajstić information content (AvgIpc) is 3.12. The van der Waals surface area contributed by atoms with Crippen LogP contribution in [0.4, 0.5) is 0 Å². The van der Waals surface area contributed by atoms with Crippen LogP contribution in [0.2, 0.25) is 0 Å². The molecule has 1 aliphatic rings. The minimum absolute atomic E-state index is 0.0297. The lowest BCUT2D eigenvalue weighted by molar-refractivity contribution is -0.140. The first-order valence-corrected chi connectivity index (χ1v) is 11.2. The monoisotopic (exact) mass is 483 g/mol. The molecule has 3 rings (SSSR count). The van der Waals surface area contributed by atoms with Gasteiger partial charge in [-0.2, -0.15) is 0 Å². The van der Waals surface area contributed by atoms with E-state index in [4.69, 9.17) is 19.3 Å². The van der Waals surface area contributed by atoms with E-state index in [0.29, 0.717) is 47.6 Å². The Morgan fingerprint density at radius 3 is 2.17 bits per heavy atom. The van der Waals surface area contributed by atoms with Crippen molar-refractivity contribution in [2.45, 2.75) is 31.7 Å². The number of Topliss-reactive ketones (excluding diaryl/α,β-unsaturated/α-hetero) is 1. The zero-order valence-electron chi connectivity index (χ0n) is 19.9. The molecule has 1 atom stereocenters. The van der Waals surface area contributed by atoms with E-state index in [1.54, 1.807) is 42.5 Å². The van der Waals surface area contributed by atoms with Gasteiger partial charge in [-0.15, -0.1) is 0 Å². The molecule has 9 heteroatoms. The summed E-state index contributed by atoms with van der Waals surface area (Å²) < 4.78 is 15.9. The van der Waals surface area contributed by atoms with Crippen molar-refractivity contribution in [2.75, 3.05) is 27.9 Å². The molecule has 1 heterocycles. The number of carbonyl (C=O) groups is 3. The summed E-state index contributed by atoms with van der Waals surface area (Å²) in [5.41, 5.74) is 0.913. The molecule has 1 unspecified atom stereocenters. The Balaban J connectivity index is 2.04. The van der Waals surface area contributed by atoms with Gasteiger partial charge in [0.2, 0.25) is 0 Å². The van der Waals surface area contributed by atoms with E-state index in [1.807, 2.05) is 0 Å². The Hall–Kier alpha value is -4.01. The van der Waals surface area contributed by atoms with Gasteiger partial charge in [0.15, 0.2) is 11.5 Å². The normalized spacial score (nSPS) is 16.9. The summed E-state index contributed by atoms with van der Waals surface area (Å²) in [5.74, 6) is -1.20. The summed E-state index contributed by atoms with van der Waals surface area (Å²) >= 11 is 0. The number of aliphatic carboxylic acids is 1. The third-order valence-corrected chi connectivity index (χ3v) is 5.92. The Bertz CT molecular complexity index is 1120. The highest BCUT2D eigenvalue weighted by Crippen LogP contribution is 2.42. The number of amides is 1. The topological polar surface area (TPSA) is 123 Å². The number of nitrogens with zero attached hydrogens (tertiary/aromatic N) is 1. The molecule has 2 aromatic carbocycles. The van der Waals surface area contributed by atoms with Crippen LogP contribution in [0.15, 0.2) is 48.0 Å². The number of hydrogen-bond acceptors (Lipinski definition) is 7. The number of ether oxygens (including phenoxy) is 3. The minimum Gasteiger partial charge on any atom is -0.507 e. The quantitative estimate of drug-likeness (QED) is 0.214. The number of methoxy groups -OCH3 is 3.